The van der Waals surface area contributed by atoms with Gasteiger partial charge in [-0.15, -0.1) is 11.3 Å². The zero-order valence-corrected chi connectivity index (χ0v) is 9.44. The van der Waals surface area contributed by atoms with E-state index in [1.807, 2.05) is 0 Å². The number of hydrogen-bond donors (Lipinski definition) is 0. The Hall–Kier alpha value is -0.420. The molecule has 70 valence electrons. The Morgan fingerprint density at radius 1 is 1.77 bits per heavy atom. The van der Waals surface area contributed by atoms with E-state index in [0.29, 0.717) is 0 Å². The van der Waals surface area contributed by atoms with Gasteiger partial charge in [-0.05, 0) is 28.8 Å². The number of methoxy groups -OCH3 is 1. The number of aromatic nitrogens is 1. The molecule has 0 radical (unpaired) electrons. The minimum Gasteiger partial charge on any atom is -0.469 e. The molecule has 1 unspecified atom stereocenters. The molecule has 0 spiro atoms. The van der Waals surface area contributed by atoms with Crippen LogP contribution in [0.5, 0.6) is 0 Å². The van der Waals surface area contributed by atoms with Gasteiger partial charge >= 0.3 is 5.97 Å². The van der Waals surface area contributed by atoms with Crippen LogP contribution < -0.4 is 0 Å². The van der Waals surface area contributed by atoms with E-state index in [1.54, 1.807) is 11.3 Å². The Labute approximate surface area is 88.3 Å². The van der Waals surface area contributed by atoms with E-state index < -0.39 is 0 Å². The molecule has 5 heteroatoms. The third kappa shape index (κ3) is 1.50. The van der Waals surface area contributed by atoms with E-state index in [9.17, 15) is 4.79 Å². The van der Waals surface area contributed by atoms with Crippen molar-refractivity contribution in [2.75, 3.05) is 7.11 Å². The quantitative estimate of drug-likeness (QED) is 0.727. The fraction of sp³-hybridized carbons (Fsp3) is 0.500. The fourth-order valence-electron chi connectivity index (χ4n) is 1.57. The van der Waals surface area contributed by atoms with Gasteiger partial charge in [0, 0.05) is 4.88 Å². The number of carbonyl (C=O) groups is 1. The molecule has 0 aromatic carbocycles. The Balaban J connectivity index is 2.32. The zero-order chi connectivity index (χ0) is 9.42. The molecule has 1 aliphatic carbocycles. The third-order valence-electron chi connectivity index (χ3n) is 2.18. The number of carbonyl (C=O) groups excluding carboxylic acids is 1. The van der Waals surface area contributed by atoms with E-state index in [0.717, 1.165) is 22.5 Å². The minimum atomic E-state index is -0.170. The number of aryl methyl sites for hydroxylation is 1. The van der Waals surface area contributed by atoms with Crippen LogP contribution in [0.15, 0.2) is 3.92 Å². The molecule has 0 amide bonds. The van der Waals surface area contributed by atoms with Gasteiger partial charge in [0.1, 0.15) is 5.92 Å². The molecule has 1 aromatic rings. The largest absolute Gasteiger partial charge is 0.469 e. The lowest BCUT2D eigenvalue weighted by Crippen LogP contribution is -2.11. The summed E-state index contributed by atoms with van der Waals surface area (Å²) in [6, 6.07) is 0. The molecule has 0 aliphatic heterocycles. The number of ether oxygens (including phenoxy) is 1. The zero-order valence-electron chi connectivity index (χ0n) is 7.04. The predicted molar refractivity (Wildman–Crippen MR) is 52.9 cm³/mol. The fourth-order valence-corrected chi connectivity index (χ4v) is 3.21. The van der Waals surface area contributed by atoms with Crippen LogP contribution in [0.2, 0.25) is 0 Å². The lowest BCUT2D eigenvalue weighted by atomic mass is 10.1. The van der Waals surface area contributed by atoms with Crippen LogP contribution in [0.3, 0.4) is 0 Å². The first-order chi connectivity index (χ1) is 6.22. The van der Waals surface area contributed by atoms with Gasteiger partial charge < -0.3 is 4.74 Å². The van der Waals surface area contributed by atoms with Gasteiger partial charge in [-0.3, -0.25) is 4.79 Å². The summed E-state index contributed by atoms with van der Waals surface area (Å²) in [7, 11) is 1.42. The number of halogens is 1. The van der Waals surface area contributed by atoms with E-state index in [2.05, 4.69) is 20.9 Å². The molecule has 1 heterocycles. The Morgan fingerprint density at radius 3 is 3.23 bits per heavy atom. The smallest absolute Gasteiger partial charge is 0.314 e. The van der Waals surface area contributed by atoms with Crippen LogP contribution in [0.4, 0.5) is 0 Å². The van der Waals surface area contributed by atoms with Crippen molar-refractivity contribution < 1.29 is 9.53 Å². The summed E-state index contributed by atoms with van der Waals surface area (Å²) in [6.45, 7) is 0. The van der Waals surface area contributed by atoms with Crippen molar-refractivity contribution in [1.82, 2.24) is 4.98 Å². The van der Waals surface area contributed by atoms with Gasteiger partial charge in [0.25, 0.3) is 0 Å². The summed E-state index contributed by atoms with van der Waals surface area (Å²) in [4.78, 5) is 16.8. The highest BCUT2D eigenvalue weighted by molar-refractivity contribution is 9.11. The lowest BCUT2D eigenvalue weighted by Gasteiger charge is -2.04. The van der Waals surface area contributed by atoms with E-state index in [1.165, 1.54) is 12.0 Å². The van der Waals surface area contributed by atoms with E-state index >= 15 is 0 Å². The number of fused-ring (bicyclic) bond motifs is 1. The molecule has 1 aromatic heterocycles. The monoisotopic (exact) mass is 261 g/mol. The maximum Gasteiger partial charge on any atom is 0.314 e. The van der Waals surface area contributed by atoms with Crippen LogP contribution in [-0.4, -0.2) is 18.1 Å². The second-order valence-electron chi connectivity index (χ2n) is 2.89. The molecule has 1 atom stereocenters. The van der Waals surface area contributed by atoms with Crippen molar-refractivity contribution in [3.63, 3.8) is 0 Å². The summed E-state index contributed by atoms with van der Waals surface area (Å²) in [5.41, 5.74) is 0.906. The van der Waals surface area contributed by atoms with Gasteiger partial charge in [-0.1, -0.05) is 0 Å². The summed E-state index contributed by atoms with van der Waals surface area (Å²) in [5, 5.41) is 0. The summed E-state index contributed by atoms with van der Waals surface area (Å²) in [5.74, 6) is -0.306. The summed E-state index contributed by atoms with van der Waals surface area (Å²) in [6.07, 6.45) is 1.78. The molecule has 1 aliphatic rings. The number of hydrogen-bond acceptors (Lipinski definition) is 4. The average molecular weight is 262 g/mol. The van der Waals surface area contributed by atoms with Crippen LogP contribution in [-0.2, 0) is 16.0 Å². The van der Waals surface area contributed by atoms with Gasteiger partial charge in [-0.25, -0.2) is 4.98 Å². The van der Waals surface area contributed by atoms with Crippen LogP contribution in [0.1, 0.15) is 22.9 Å². The number of thiazole rings is 1. The SMILES string of the molecule is COC(=O)C1CCc2sc(Br)nc21. The van der Waals surface area contributed by atoms with Crippen molar-refractivity contribution in [3.05, 3.63) is 14.5 Å². The predicted octanol–water partition coefficient (Wildman–Crippen LogP) is 2.11. The van der Waals surface area contributed by atoms with Crippen molar-refractivity contribution in [1.29, 1.82) is 0 Å². The van der Waals surface area contributed by atoms with Gasteiger partial charge in [0.05, 0.1) is 12.8 Å². The number of rotatable bonds is 1. The van der Waals surface area contributed by atoms with Crippen molar-refractivity contribution in [2.45, 2.75) is 18.8 Å². The second kappa shape index (κ2) is 3.38. The molecule has 0 N–H and O–H groups in total. The molecular weight excluding hydrogens is 254 g/mol. The maximum absolute atomic E-state index is 11.3. The maximum atomic E-state index is 11.3. The first-order valence-electron chi connectivity index (χ1n) is 3.95. The third-order valence-corrected chi connectivity index (χ3v) is 3.76. The van der Waals surface area contributed by atoms with Gasteiger partial charge in [0.15, 0.2) is 3.92 Å². The Morgan fingerprint density at radius 2 is 2.54 bits per heavy atom. The van der Waals surface area contributed by atoms with Crippen molar-refractivity contribution in [3.8, 4) is 0 Å². The average Bonchev–Trinajstić information content (AvgIpc) is 2.61. The molecule has 3 nitrogen and oxygen atoms in total. The van der Waals surface area contributed by atoms with Crippen LogP contribution in [0.25, 0.3) is 0 Å². The highest BCUT2D eigenvalue weighted by Crippen LogP contribution is 2.38. The van der Waals surface area contributed by atoms with Gasteiger partial charge in [-0.2, -0.15) is 0 Å². The standard InChI is InChI=1S/C8H8BrNO2S/c1-12-7(11)4-2-3-5-6(4)10-8(9)13-5/h4H,2-3H2,1H3. The molecular formula is C8H8BrNO2S. The highest BCUT2D eigenvalue weighted by Gasteiger charge is 2.32. The number of nitrogens with zero attached hydrogens (tertiary/aromatic N) is 1. The molecule has 2 rings (SSSR count). The van der Waals surface area contributed by atoms with E-state index in [4.69, 9.17) is 4.74 Å². The van der Waals surface area contributed by atoms with Crippen LogP contribution in [0, 0.1) is 0 Å². The highest BCUT2D eigenvalue weighted by atomic mass is 79.9. The van der Waals surface area contributed by atoms with Crippen LogP contribution >= 0.6 is 27.3 Å². The number of esters is 1. The van der Waals surface area contributed by atoms with Gasteiger partial charge in [0.2, 0.25) is 0 Å². The second-order valence-corrected chi connectivity index (χ2v) is 5.25. The molecule has 0 bridgehead atoms. The Kier molecular flexibility index (Phi) is 2.38. The Bertz CT molecular complexity index is 350. The molecule has 0 saturated carbocycles. The first-order valence-corrected chi connectivity index (χ1v) is 5.56. The normalized spacial score (nSPS) is 20.0. The summed E-state index contributed by atoms with van der Waals surface area (Å²) < 4.78 is 5.56. The lowest BCUT2D eigenvalue weighted by molar-refractivity contribution is -0.142. The van der Waals surface area contributed by atoms with Crippen molar-refractivity contribution >= 4 is 33.2 Å². The van der Waals surface area contributed by atoms with Crippen molar-refractivity contribution in [2.24, 2.45) is 0 Å². The topological polar surface area (TPSA) is 39.2 Å². The molecule has 0 fully saturated rings. The minimum absolute atomic E-state index is 0.137. The molecule has 0 saturated heterocycles. The van der Waals surface area contributed by atoms with E-state index in [-0.39, 0.29) is 11.9 Å². The first kappa shape index (κ1) is 9.15. The summed E-state index contributed by atoms with van der Waals surface area (Å²) >= 11 is 4.92. The molecule has 13 heavy (non-hydrogen) atoms.